The number of amides is 1. The number of benzene rings is 1. The fraction of sp³-hybridized carbons (Fsp3) is 0.462. The van der Waals surface area contributed by atoms with E-state index in [0.29, 0.717) is 19.4 Å². The third-order valence-electron chi connectivity index (χ3n) is 3.21. The van der Waals surface area contributed by atoms with E-state index in [1.165, 1.54) is 4.90 Å². The molecule has 1 aliphatic heterocycles. The van der Waals surface area contributed by atoms with Gasteiger partial charge in [0.2, 0.25) is 0 Å². The van der Waals surface area contributed by atoms with Crippen molar-refractivity contribution in [2.45, 2.75) is 25.5 Å². The Morgan fingerprint density at radius 1 is 1.35 bits per heavy atom. The minimum absolute atomic E-state index is 0.116. The Hall–Kier alpha value is -1.63. The summed E-state index contributed by atoms with van der Waals surface area (Å²) in [6, 6.07) is 8.53. The van der Waals surface area contributed by atoms with Crippen molar-refractivity contribution >= 4 is 16.3 Å². The monoisotopic (exact) mass is 301 g/mol. The average molecular weight is 301 g/mol. The van der Waals surface area contributed by atoms with E-state index in [2.05, 4.69) is 0 Å². The number of hydrogen-bond acceptors (Lipinski definition) is 4. The molecular weight excluding hydrogens is 285 g/mol. The van der Waals surface area contributed by atoms with E-state index in [4.69, 9.17) is 4.74 Å². The molecule has 1 fully saturated rings. The van der Waals surface area contributed by atoms with Crippen LogP contribution in [0.15, 0.2) is 30.3 Å². The first-order valence-electron chi connectivity index (χ1n) is 6.35. The first kappa shape index (κ1) is 14.8. The molecule has 1 aliphatic rings. The fourth-order valence-electron chi connectivity index (χ4n) is 2.28. The second kappa shape index (κ2) is 6.21. The maximum Gasteiger partial charge on any atom is 0.410 e. The predicted octanol–water partition coefficient (Wildman–Crippen LogP) is 2.09. The van der Waals surface area contributed by atoms with E-state index in [9.17, 15) is 17.1 Å². The van der Waals surface area contributed by atoms with E-state index < -0.39 is 28.1 Å². The van der Waals surface area contributed by atoms with Crippen LogP contribution in [0.2, 0.25) is 0 Å². The van der Waals surface area contributed by atoms with Crippen LogP contribution in [-0.2, 0) is 21.6 Å². The van der Waals surface area contributed by atoms with Gasteiger partial charge in [0.25, 0.3) is 0 Å². The van der Waals surface area contributed by atoms with Gasteiger partial charge in [-0.3, -0.25) is 0 Å². The highest BCUT2D eigenvalue weighted by atomic mass is 32.3. The van der Waals surface area contributed by atoms with Crippen molar-refractivity contribution in [2.24, 2.45) is 0 Å². The summed E-state index contributed by atoms with van der Waals surface area (Å²) in [5.74, 6) is -0.659. The summed E-state index contributed by atoms with van der Waals surface area (Å²) in [5.41, 5.74) is 0.842. The van der Waals surface area contributed by atoms with Crippen molar-refractivity contribution < 1.29 is 21.8 Å². The van der Waals surface area contributed by atoms with Gasteiger partial charge in [-0.15, -0.1) is 3.89 Å². The summed E-state index contributed by atoms with van der Waals surface area (Å²) in [5, 5.41) is 0. The lowest BCUT2D eigenvalue weighted by Crippen LogP contribution is -2.39. The van der Waals surface area contributed by atoms with Crippen molar-refractivity contribution in [3.05, 3.63) is 35.9 Å². The lowest BCUT2D eigenvalue weighted by molar-refractivity contribution is 0.0947. The summed E-state index contributed by atoms with van der Waals surface area (Å²) < 4.78 is 39.2. The molecule has 0 aromatic heterocycles. The van der Waals surface area contributed by atoms with Crippen LogP contribution in [0.4, 0.5) is 8.68 Å². The number of rotatable bonds is 4. The highest BCUT2D eigenvalue weighted by Gasteiger charge is 2.33. The zero-order chi connectivity index (χ0) is 14.6. The minimum atomic E-state index is -4.59. The van der Waals surface area contributed by atoms with Gasteiger partial charge in [-0.05, 0) is 18.4 Å². The van der Waals surface area contributed by atoms with Gasteiger partial charge in [-0.25, -0.2) is 4.79 Å². The van der Waals surface area contributed by atoms with Crippen molar-refractivity contribution in [3.63, 3.8) is 0 Å². The van der Waals surface area contributed by atoms with Crippen LogP contribution in [-0.4, -0.2) is 37.8 Å². The smallest absolute Gasteiger partial charge is 0.410 e. The molecule has 5 nitrogen and oxygen atoms in total. The largest absolute Gasteiger partial charge is 0.445 e. The Kier molecular flexibility index (Phi) is 4.59. The number of likely N-dealkylation sites (tertiary alicyclic amines) is 1. The number of carbonyl (C=O) groups excluding carboxylic acids is 1. The standard InChI is InChI=1S/C13H16FNO4S/c14-20(17,18)10-12-7-4-8-15(12)13(16)19-9-11-5-2-1-3-6-11/h1-3,5-6,12H,4,7-10H2/t12-/m1/s1. The molecule has 1 heterocycles. The van der Waals surface area contributed by atoms with Gasteiger partial charge in [0.1, 0.15) is 12.4 Å². The van der Waals surface area contributed by atoms with Gasteiger partial charge in [0.15, 0.2) is 0 Å². The van der Waals surface area contributed by atoms with Crippen molar-refractivity contribution in [1.29, 1.82) is 0 Å². The molecule has 1 aromatic carbocycles. The van der Waals surface area contributed by atoms with Gasteiger partial charge < -0.3 is 9.64 Å². The molecule has 0 radical (unpaired) electrons. The van der Waals surface area contributed by atoms with E-state index in [1.54, 1.807) is 0 Å². The van der Waals surface area contributed by atoms with Crippen molar-refractivity contribution in [1.82, 2.24) is 4.90 Å². The molecule has 0 N–H and O–H groups in total. The third kappa shape index (κ3) is 4.19. The van der Waals surface area contributed by atoms with Gasteiger partial charge in [0, 0.05) is 6.54 Å². The van der Waals surface area contributed by atoms with Crippen LogP contribution < -0.4 is 0 Å². The maximum absolute atomic E-state index is 12.7. The molecule has 0 spiro atoms. The highest BCUT2D eigenvalue weighted by Crippen LogP contribution is 2.20. The first-order chi connectivity index (χ1) is 9.46. The van der Waals surface area contributed by atoms with Crippen LogP contribution in [0.25, 0.3) is 0 Å². The Balaban J connectivity index is 1.91. The van der Waals surface area contributed by atoms with E-state index in [-0.39, 0.29) is 6.61 Å². The fourth-order valence-corrected chi connectivity index (χ4v) is 3.09. The molecule has 1 amide bonds. The van der Waals surface area contributed by atoms with Crippen molar-refractivity contribution in [2.75, 3.05) is 12.3 Å². The summed E-state index contributed by atoms with van der Waals surface area (Å²) in [6.07, 6.45) is 0.532. The summed E-state index contributed by atoms with van der Waals surface area (Å²) in [6.45, 7) is 0.513. The van der Waals surface area contributed by atoms with E-state index >= 15 is 0 Å². The average Bonchev–Trinajstić information content (AvgIpc) is 2.83. The van der Waals surface area contributed by atoms with Crippen LogP contribution >= 0.6 is 0 Å². The molecule has 0 saturated carbocycles. The van der Waals surface area contributed by atoms with E-state index in [0.717, 1.165) is 5.56 Å². The number of nitrogens with zero attached hydrogens (tertiary/aromatic N) is 1. The van der Waals surface area contributed by atoms with Gasteiger partial charge >= 0.3 is 16.3 Å². The predicted molar refractivity (Wildman–Crippen MR) is 71.2 cm³/mol. The Labute approximate surface area is 117 Å². The summed E-state index contributed by atoms with van der Waals surface area (Å²) in [4.78, 5) is 13.2. The molecule has 110 valence electrons. The normalized spacial score (nSPS) is 19.1. The zero-order valence-electron chi connectivity index (χ0n) is 10.9. The Morgan fingerprint density at radius 2 is 2.05 bits per heavy atom. The van der Waals surface area contributed by atoms with Crippen LogP contribution in [0.5, 0.6) is 0 Å². The Bertz CT molecular complexity index is 561. The topological polar surface area (TPSA) is 63.7 Å². The molecule has 0 aliphatic carbocycles. The maximum atomic E-state index is 12.7. The SMILES string of the molecule is O=C(OCc1ccccc1)N1CCC[C@@H]1CS(=O)(=O)F. The molecule has 2 rings (SSSR count). The van der Waals surface area contributed by atoms with Crippen molar-refractivity contribution in [3.8, 4) is 0 Å². The summed E-state index contributed by atoms with van der Waals surface area (Å²) >= 11 is 0. The molecule has 1 saturated heterocycles. The number of halogens is 1. The highest BCUT2D eigenvalue weighted by molar-refractivity contribution is 7.86. The first-order valence-corrected chi connectivity index (χ1v) is 7.90. The van der Waals surface area contributed by atoms with Crippen LogP contribution in [0.1, 0.15) is 18.4 Å². The molecule has 1 atom stereocenters. The second-order valence-electron chi connectivity index (χ2n) is 4.74. The van der Waals surface area contributed by atoms with E-state index in [1.807, 2.05) is 30.3 Å². The lowest BCUT2D eigenvalue weighted by atomic mass is 10.2. The molecule has 1 aromatic rings. The molecule has 7 heteroatoms. The number of carbonyl (C=O) groups is 1. The van der Waals surface area contributed by atoms with Crippen LogP contribution in [0.3, 0.4) is 0 Å². The minimum Gasteiger partial charge on any atom is -0.445 e. The van der Waals surface area contributed by atoms with Gasteiger partial charge in [-0.1, -0.05) is 30.3 Å². The molecule has 20 heavy (non-hydrogen) atoms. The summed E-state index contributed by atoms with van der Waals surface area (Å²) in [7, 11) is -4.59. The quantitative estimate of drug-likeness (QED) is 0.799. The molecular formula is C13H16FNO4S. The Morgan fingerprint density at radius 3 is 2.70 bits per heavy atom. The van der Waals surface area contributed by atoms with Gasteiger partial charge in [-0.2, -0.15) is 8.42 Å². The van der Waals surface area contributed by atoms with Crippen LogP contribution in [0, 0.1) is 0 Å². The number of ether oxygens (including phenoxy) is 1. The second-order valence-corrected chi connectivity index (χ2v) is 6.15. The molecule has 0 bridgehead atoms. The third-order valence-corrected chi connectivity index (χ3v) is 3.99. The van der Waals surface area contributed by atoms with Gasteiger partial charge in [0.05, 0.1) is 6.04 Å². The molecule has 0 unspecified atom stereocenters. The number of hydrogen-bond donors (Lipinski definition) is 0. The lowest BCUT2D eigenvalue weighted by Gasteiger charge is -2.22. The zero-order valence-corrected chi connectivity index (χ0v) is 11.7.